The number of thioether (sulfide) groups is 1. The number of hydrogen-bond acceptors (Lipinski definition) is 3. The minimum atomic E-state index is -0.999. The fraction of sp³-hybridized carbons (Fsp3) is 0.333. The summed E-state index contributed by atoms with van der Waals surface area (Å²) in [7, 11) is 0. The molecule has 0 bridgehead atoms. The molecule has 0 aliphatic carbocycles. The van der Waals surface area contributed by atoms with Crippen LogP contribution in [-0.2, 0) is 16.0 Å². The van der Waals surface area contributed by atoms with Crippen LogP contribution in [0.3, 0.4) is 0 Å². The lowest BCUT2D eigenvalue weighted by Gasteiger charge is -2.48. The van der Waals surface area contributed by atoms with E-state index in [-0.39, 0.29) is 22.9 Å². The average molecular weight is 289 g/mol. The quantitative estimate of drug-likeness (QED) is 0.866. The van der Waals surface area contributed by atoms with Crippen LogP contribution >= 0.6 is 11.8 Å². The number of hydrogen-bond donors (Lipinski definition) is 1. The molecule has 1 amide bonds. The zero-order valence-electron chi connectivity index (χ0n) is 11.1. The van der Waals surface area contributed by atoms with Crippen molar-refractivity contribution in [1.29, 1.82) is 0 Å². The monoisotopic (exact) mass is 289 g/mol. The van der Waals surface area contributed by atoms with E-state index in [0.29, 0.717) is 12.2 Å². The van der Waals surface area contributed by atoms with Gasteiger partial charge in [-0.15, -0.1) is 11.8 Å². The minimum absolute atomic E-state index is 0.00637. The maximum Gasteiger partial charge on any atom is 0.352 e. The van der Waals surface area contributed by atoms with E-state index < -0.39 is 5.97 Å². The summed E-state index contributed by atoms with van der Waals surface area (Å²) in [6.45, 7) is 1.86. The van der Waals surface area contributed by atoms with E-state index in [0.717, 1.165) is 11.1 Å². The largest absolute Gasteiger partial charge is 0.477 e. The third kappa shape index (κ3) is 2.02. The molecule has 2 unspecified atom stereocenters. The Bertz CT molecular complexity index is 596. The normalized spacial score (nSPS) is 25.2. The van der Waals surface area contributed by atoms with Gasteiger partial charge in [0, 0.05) is 5.75 Å². The van der Waals surface area contributed by atoms with E-state index in [1.807, 2.05) is 37.3 Å². The van der Waals surface area contributed by atoms with E-state index >= 15 is 0 Å². The van der Waals surface area contributed by atoms with Gasteiger partial charge in [-0.1, -0.05) is 37.3 Å². The van der Waals surface area contributed by atoms with Crippen molar-refractivity contribution >= 4 is 23.6 Å². The number of carboxylic acids is 1. The van der Waals surface area contributed by atoms with Crippen LogP contribution in [0.1, 0.15) is 12.5 Å². The number of nitrogens with zero attached hydrogens (tertiary/aromatic N) is 1. The van der Waals surface area contributed by atoms with Crippen LogP contribution in [0.2, 0.25) is 0 Å². The molecule has 2 heterocycles. The summed E-state index contributed by atoms with van der Waals surface area (Å²) in [4.78, 5) is 24.9. The van der Waals surface area contributed by atoms with Gasteiger partial charge in [-0.3, -0.25) is 9.69 Å². The Kier molecular flexibility index (Phi) is 3.30. The molecule has 0 saturated carbocycles. The first-order valence-corrected chi connectivity index (χ1v) is 7.58. The topological polar surface area (TPSA) is 57.6 Å². The Morgan fingerprint density at radius 3 is 2.75 bits per heavy atom. The Hall–Kier alpha value is -1.75. The highest BCUT2D eigenvalue weighted by atomic mass is 32.2. The average Bonchev–Trinajstić information content (AvgIpc) is 2.46. The predicted molar refractivity (Wildman–Crippen MR) is 77.1 cm³/mol. The fourth-order valence-corrected chi connectivity index (χ4v) is 4.09. The lowest BCUT2D eigenvalue weighted by molar-refractivity contribution is -0.151. The molecule has 1 saturated heterocycles. The molecule has 104 valence electrons. The van der Waals surface area contributed by atoms with Crippen LogP contribution in [0.25, 0.3) is 0 Å². The smallest absolute Gasteiger partial charge is 0.352 e. The fourth-order valence-electron chi connectivity index (χ4n) is 2.72. The van der Waals surface area contributed by atoms with Crippen molar-refractivity contribution < 1.29 is 14.7 Å². The third-order valence-electron chi connectivity index (χ3n) is 3.78. The molecule has 0 spiro atoms. The highest BCUT2D eigenvalue weighted by molar-refractivity contribution is 8.00. The number of amides is 1. The maximum atomic E-state index is 11.9. The summed E-state index contributed by atoms with van der Waals surface area (Å²) in [5.74, 6) is -0.478. The molecule has 3 rings (SSSR count). The van der Waals surface area contributed by atoms with Crippen LogP contribution in [0.15, 0.2) is 41.6 Å². The third-order valence-corrected chi connectivity index (χ3v) is 5.25. The lowest BCUT2D eigenvalue weighted by atomic mass is 9.96. The molecule has 1 aromatic carbocycles. The van der Waals surface area contributed by atoms with Gasteiger partial charge < -0.3 is 5.11 Å². The van der Waals surface area contributed by atoms with Gasteiger partial charge in [0.25, 0.3) is 0 Å². The molecule has 1 N–H and O–H groups in total. The van der Waals surface area contributed by atoms with Gasteiger partial charge in [-0.05, 0) is 17.6 Å². The molecule has 5 heteroatoms. The van der Waals surface area contributed by atoms with Crippen LogP contribution < -0.4 is 0 Å². The van der Waals surface area contributed by atoms with E-state index in [4.69, 9.17) is 0 Å². The van der Waals surface area contributed by atoms with Crippen molar-refractivity contribution in [3.8, 4) is 0 Å². The molecule has 1 aromatic rings. The first-order valence-electron chi connectivity index (χ1n) is 6.53. The Labute approximate surface area is 121 Å². The zero-order chi connectivity index (χ0) is 14.3. The maximum absolute atomic E-state index is 11.9. The van der Waals surface area contributed by atoms with Crippen LogP contribution in [-0.4, -0.2) is 33.0 Å². The van der Waals surface area contributed by atoms with Crippen molar-refractivity contribution in [3.63, 3.8) is 0 Å². The number of fused-ring (bicyclic) bond motifs is 1. The SMILES string of the molecule is CC1C(=O)N2C(C(=O)O)=C(Cc3ccccc3)CSC12. The van der Waals surface area contributed by atoms with Gasteiger partial charge in [0.05, 0.1) is 11.3 Å². The number of carbonyl (C=O) groups excluding carboxylic acids is 1. The first-order chi connectivity index (χ1) is 9.59. The number of benzene rings is 1. The molecule has 0 radical (unpaired) electrons. The Morgan fingerprint density at radius 2 is 2.10 bits per heavy atom. The van der Waals surface area contributed by atoms with Gasteiger partial charge in [-0.2, -0.15) is 0 Å². The molecule has 4 nitrogen and oxygen atoms in total. The molecule has 1 fully saturated rings. The highest BCUT2D eigenvalue weighted by Crippen LogP contribution is 2.43. The molecule has 2 atom stereocenters. The van der Waals surface area contributed by atoms with Crippen LogP contribution in [0.4, 0.5) is 0 Å². The molecule has 2 aliphatic rings. The number of aliphatic carboxylic acids is 1. The van der Waals surface area contributed by atoms with Gasteiger partial charge in [0.2, 0.25) is 5.91 Å². The van der Waals surface area contributed by atoms with E-state index in [2.05, 4.69) is 0 Å². The van der Waals surface area contributed by atoms with Crippen molar-refractivity contribution in [3.05, 3.63) is 47.2 Å². The minimum Gasteiger partial charge on any atom is -0.477 e. The van der Waals surface area contributed by atoms with E-state index in [1.165, 1.54) is 4.90 Å². The van der Waals surface area contributed by atoms with Crippen molar-refractivity contribution in [2.45, 2.75) is 18.7 Å². The molecule has 2 aliphatic heterocycles. The molecular weight excluding hydrogens is 274 g/mol. The summed E-state index contributed by atoms with van der Waals surface area (Å²) in [5.41, 5.74) is 2.09. The lowest BCUT2D eigenvalue weighted by Crippen LogP contribution is -2.60. The number of carboxylic acid groups (broad SMARTS) is 1. The van der Waals surface area contributed by atoms with Gasteiger partial charge in [0.1, 0.15) is 5.70 Å². The summed E-state index contributed by atoms with van der Waals surface area (Å²) < 4.78 is 0. The first kappa shape index (κ1) is 13.2. The second-order valence-electron chi connectivity index (χ2n) is 5.12. The molecule has 0 aromatic heterocycles. The van der Waals surface area contributed by atoms with E-state index in [9.17, 15) is 14.7 Å². The predicted octanol–water partition coefficient (Wildman–Crippen LogP) is 2.12. The Morgan fingerprint density at radius 1 is 1.40 bits per heavy atom. The zero-order valence-corrected chi connectivity index (χ0v) is 11.9. The highest BCUT2D eigenvalue weighted by Gasteiger charge is 2.50. The Balaban J connectivity index is 1.94. The number of carbonyl (C=O) groups is 2. The van der Waals surface area contributed by atoms with Crippen LogP contribution in [0, 0.1) is 5.92 Å². The summed E-state index contributed by atoms with van der Waals surface area (Å²) in [6, 6.07) is 9.76. The van der Waals surface area contributed by atoms with Crippen LogP contribution in [0.5, 0.6) is 0 Å². The summed E-state index contributed by atoms with van der Waals surface area (Å²) in [6.07, 6.45) is 0.584. The molecular formula is C15H15NO3S. The number of β-lactam (4-membered cyclic amide) rings is 1. The van der Waals surface area contributed by atoms with Gasteiger partial charge in [0.15, 0.2) is 0 Å². The van der Waals surface area contributed by atoms with Crippen molar-refractivity contribution in [2.24, 2.45) is 5.92 Å². The summed E-state index contributed by atoms with van der Waals surface area (Å²) in [5, 5.41) is 9.45. The summed E-state index contributed by atoms with van der Waals surface area (Å²) >= 11 is 1.66. The second kappa shape index (κ2) is 4.98. The van der Waals surface area contributed by atoms with Crippen molar-refractivity contribution in [1.82, 2.24) is 4.90 Å². The standard InChI is InChI=1S/C15H15NO3S/c1-9-13(17)16-12(15(18)19)11(8-20-14(9)16)7-10-5-3-2-4-6-10/h2-6,9,14H,7-8H2,1H3,(H,18,19). The molecule has 20 heavy (non-hydrogen) atoms. The van der Waals surface area contributed by atoms with Crippen molar-refractivity contribution in [2.75, 3.05) is 5.75 Å². The number of rotatable bonds is 3. The van der Waals surface area contributed by atoms with Gasteiger partial charge in [-0.25, -0.2) is 4.79 Å². The van der Waals surface area contributed by atoms with Gasteiger partial charge >= 0.3 is 5.97 Å². The second-order valence-corrected chi connectivity index (χ2v) is 6.22. The van der Waals surface area contributed by atoms with E-state index in [1.54, 1.807) is 11.8 Å².